The maximum Gasteiger partial charge on any atom is 0.226 e. The van der Waals surface area contributed by atoms with Gasteiger partial charge in [-0.25, -0.2) is 4.98 Å². The number of nitrogens with zero attached hydrogens (tertiary/aromatic N) is 1. The lowest BCUT2D eigenvalue weighted by molar-refractivity contribution is -0.128. The fourth-order valence-electron chi connectivity index (χ4n) is 3.80. The third-order valence-electron chi connectivity index (χ3n) is 5.62. The van der Waals surface area contributed by atoms with E-state index in [4.69, 9.17) is 9.15 Å². The van der Waals surface area contributed by atoms with E-state index in [1.165, 1.54) is 5.56 Å². The Morgan fingerprint density at radius 3 is 2.56 bits per heavy atom. The summed E-state index contributed by atoms with van der Waals surface area (Å²) >= 11 is 1.61. The molecule has 1 aromatic heterocycles. The summed E-state index contributed by atoms with van der Waals surface area (Å²) in [4.78, 5) is 17.4. The van der Waals surface area contributed by atoms with E-state index in [-0.39, 0.29) is 23.4 Å². The molecule has 3 atom stereocenters. The van der Waals surface area contributed by atoms with Crippen LogP contribution >= 0.6 is 11.8 Å². The van der Waals surface area contributed by atoms with Gasteiger partial charge in [-0.1, -0.05) is 30.3 Å². The molecule has 1 fully saturated rings. The highest BCUT2D eigenvalue weighted by Gasteiger charge is 2.33. The summed E-state index contributed by atoms with van der Waals surface area (Å²) in [5.41, 5.74) is 2.81. The molecule has 0 aliphatic carbocycles. The van der Waals surface area contributed by atoms with Gasteiger partial charge in [-0.3, -0.25) is 10.1 Å². The topological polar surface area (TPSA) is 76.4 Å². The average Bonchev–Trinajstić information content (AvgIpc) is 3.17. The first-order valence-corrected chi connectivity index (χ1v) is 12.0. The minimum atomic E-state index is -0.158. The molecule has 2 N–H and O–H groups in total. The highest BCUT2D eigenvalue weighted by molar-refractivity contribution is 7.99. The lowest BCUT2D eigenvalue weighted by Gasteiger charge is -2.35. The highest BCUT2D eigenvalue weighted by Crippen LogP contribution is 2.28. The van der Waals surface area contributed by atoms with Gasteiger partial charge in [0, 0.05) is 17.4 Å². The van der Waals surface area contributed by atoms with Gasteiger partial charge in [0.2, 0.25) is 11.8 Å². The molecule has 4 rings (SSSR count). The second kappa shape index (κ2) is 10.2. The zero-order valence-electron chi connectivity index (χ0n) is 18.6. The standard InChI is InChI=1S/C25H29N3O3S/c1-4-30-20-12-10-19(11-13-20)24-27-22(17(3)31-24)15-32-25-26-16(2)21(23(29)28-25)14-18-8-6-5-7-9-18/h5-13,16,21,25-26H,4,14-15H2,1-3H3,(H,28,29). The summed E-state index contributed by atoms with van der Waals surface area (Å²) in [5.74, 6) is 2.85. The second-order valence-electron chi connectivity index (χ2n) is 7.93. The summed E-state index contributed by atoms with van der Waals surface area (Å²) in [6.07, 6.45) is 0.728. The van der Waals surface area contributed by atoms with Crippen molar-refractivity contribution in [2.75, 3.05) is 6.61 Å². The van der Waals surface area contributed by atoms with Crippen LogP contribution in [0.3, 0.4) is 0 Å². The van der Waals surface area contributed by atoms with E-state index in [9.17, 15) is 4.79 Å². The Kier molecular flexibility index (Phi) is 7.17. The van der Waals surface area contributed by atoms with E-state index in [0.717, 1.165) is 29.2 Å². The minimum absolute atomic E-state index is 0.0827. The number of carbonyl (C=O) groups is 1. The van der Waals surface area contributed by atoms with Crippen molar-refractivity contribution in [3.05, 3.63) is 71.6 Å². The SMILES string of the molecule is CCOc1ccc(-c2nc(CSC3NC(=O)C(Cc4ccccc4)C(C)N3)c(C)o2)cc1. The molecule has 32 heavy (non-hydrogen) atoms. The van der Waals surface area contributed by atoms with Crippen LogP contribution in [-0.2, 0) is 17.0 Å². The van der Waals surface area contributed by atoms with Gasteiger partial charge < -0.3 is 14.5 Å². The number of hydrogen-bond donors (Lipinski definition) is 2. The number of oxazole rings is 1. The van der Waals surface area contributed by atoms with Crippen LogP contribution in [-0.4, -0.2) is 29.0 Å². The van der Waals surface area contributed by atoms with Crippen molar-refractivity contribution < 1.29 is 13.9 Å². The van der Waals surface area contributed by atoms with Crippen molar-refractivity contribution in [3.8, 4) is 17.2 Å². The molecular formula is C25H29N3O3S. The Morgan fingerprint density at radius 1 is 1.12 bits per heavy atom. The third kappa shape index (κ3) is 5.34. The number of ether oxygens (including phenoxy) is 1. The van der Waals surface area contributed by atoms with Crippen molar-refractivity contribution >= 4 is 17.7 Å². The van der Waals surface area contributed by atoms with Gasteiger partial charge in [-0.05, 0) is 57.0 Å². The van der Waals surface area contributed by atoms with Gasteiger partial charge >= 0.3 is 0 Å². The largest absolute Gasteiger partial charge is 0.494 e. The number of aryl methyl sites for hydroxylation is 1. The Morgan fingerprint density at radius 2 is 1.88 bits per heavy atom. The Labute approximate surface area is 193 Å². The van der Waals surface area contributed by atoms with Gasteiger partial charge in [0.05, 0.1) is 18.2 Å². The first-order valence-electron chi connectivity index (χ1n) is 10.9. The summed E-state index contributed by atoms with van der Waals surface area (Å²) in [6.45, 7) is 6.59. The van der Waals surface area contributed by atoms with E-state index >= 15 is 0 Å². The molecular weight excluding hydrogens is 422 g/mol. The number of carbonyl (C=O) groups excluding carboxylic acids is 1. The van der Waals surface area contributed by atoms with Crippen molar-refractivity contribution in [2.45, 2.75) is 44.5 Å². The molecule has 6 nitrogen and oxygen atoms in total. The number of aromatic nitrogens is 1. The highest BCUT2D eigenvalue weighted by atomic mass is 32.2. The molecule has 0 bridgehead atoms. The molecule has 0 radical (unpaired) electrons. The van der Waals surface area contributed by atoms with Crippen LogP contribution in [0.15, 0.2) is 59.0 Å². The van der Waals surface area contributed by atoms with E-state index in [0.29, 0.717) is 18.3 Å². The smallest absolute Gasteiger partial charge is 0.226 e. The fraction of sp³-hybridized carbons (Fsp3) is 0.360. The van der Waals surface area contributed by atoms with Crippen LogP contribution in [0.4, 0.5) is 0 Å². The molecule has 0 spiro atoms. The maximum atomic E-state index is 12.8. The van der Waals surface area contributed by atoms with Gasteiger partial charge in [0.25, 0.3) is 0 Å². The molecule has 1 aliphatic rings. The van der Waals surface area contributed by atoms with Gasteiger partial charge in [0.15, 0.2) is 0 Å². The Hall–Kier alpha value is -2.77. The van der Waals surface area contributed by atoms with Crippen LogP contribution in [0.5, 0.6) is 5.75 Å². The number of benzene rings is 2. The number of thioether (sulfide) groups is 1. The summed E-state index contributed by atoms with van der Waals surface area (Å²) in [5, 5.41) is 6.63. The van der Waals surface area contributed by atoms with Crippen LogP contribution in [0.1, 0.15) is 30.9 Å². The predicted molar refractivity (Wildman–Crippen MR) is 127 cm³/mol. The molecule has 2 aromatic carbocycles. The first-order chi connectivity index (χ1) is 15.5. The number of rotatable bonds is 8. The Bertz CT molecular complexity index is 1040. The van der Waals surface area contributed by atoms with Crippen LogP contribution in [0, 0.1) is 12.8 Å². The molecule has 168 valence electrons. The molecule has 2 heterocycles. The third-order valence-corrected chi connectivity index (χ3v) is 6.65. The first kappa shape index (κ1) is 22.4. The molecule has 3 aromatic rings. The summed E-state index contributed by atoms with van der Waals surface area (Å²) in [6, 6.07) is 18.0. The summed E-state index contributed by atoms with van der Waals surface area (Å²) in [7, 11) is 0. The molecule has 3 unspecified atom stereocenters. The van der Waals surface area contributed by atoms with Gasteiger partial charge in [-0.2, -0.15) is 0 Å². The predicted octanol–water partition coefficient (Wildman–Crippen LogP) is 4.53. The lowest BCUT2D eigenvalue weighted by Crippen LogP contribution is -2.59. The molecule has 0 saturated carbocycles. The van der Waals surface area contributed by atoms with Crippen molar-refractivity contribution in [1.29, 1.82) is 0 Å². The fourth-order valence-corrected chi connectivity index (χ4v) is 4.90. The second-order valence-corrected chi connectivity index (χ2v) is 9.02. The quantitative estimate of drug-likeness (QED) is 0.524. The van der Waals surface area contributed by atoms with E-state index in [1.807, 2.05) is 56.3 Å². The van der Waals surface area contributed by atoms with E-state index < -0.39 is 0 Å². The zero-order chi connectivity index (χ0) is 22.5. The van der Waals surface area contributed by atoms with Gasteiger partial charge in [-0.15, -0.1) is 11.8 Å². The molecule has 7 heteroatoms. The lowest BCUT2D eigenvalue weighted by atomic mass is 9.91. The minimum Gasteiger partial charge on any atom is -0.494 e. The maximum absolute atomic E-state index is 12.8. The number of hydrogen-bond acceptors (Lipinski definition) is 6. The molecule has 1 aliphatic heterocycles. The number of amides is 1. The van der Waals surface area contributed by atoms with Gasteiger partial charge in [0.1, 0.15) is 17.0 Å². The van der Waals surface area contributed by atoms with E-state index in [1.54, 1.807) is 11.8 Å². The molecule has 1 amide bonds. The van der Waals surface area contributed by atoms with E-state index in [2.05, 4.69) is 34.7 Å². The van der Waals surface area contributed by atoms with Crippen molar-refractivity contribution in [2.24, 2.45) is 5.92 Å². The van der Waals surface area contributed by atoms with Crippen molar-refractivity contribution in [1.82, 2.24) is 15.6 Å². The Balaban J connectivity index is 1.34. The van der Waals surface area contributed by atoms with Crippen LogP contribution < -0.4 is 15.4 Å². The van der Waals surface area contributed by atoms with Crippen molar-refractivity contribution in [3.63, 3.8) is 0 Å². The number of nitrogens with one attached hydrogen (secondary N) is 2. The monoisotopic (exact) mass is 451 g/mol. The van der Waals surface area contributed by atoms with Crippen LogP contribution in [0.25, 0.3) is 11.5 Å². The van der Waals surface area contributed by atoms with Crippen LogP contribution in [0.2, 0.25) is 0 Å². The molecule has 1 saturated heterocycles. The normalized spacial score (nSPS) is 20.7. The zero-order valence-corrected chi connectivity index (χ0v) is 19.4. The summed E-state index contributed by atoms with van der Waals surface area (Å²) < 4.78 is 11.4. The average molecular weight is 452 g/mol.